The molecule has 0 aliphatic carbocycles. The average molecular weight is 450 g/mol. The van der Waals surface area contributed by atoms with Crippen molar-refractivity contribution in [3.63, 3.8) is 0 Å². The maximum Gasteiger partial charge on any atom is 0.229 e. The maximum absolute atomic E-state index is 14.5. The molecule has 1 aliphatic heterocycles. The van der Waals surface area contributed by atoms with E-state index < -0.39 is 5.82 Å². The number of benzene rings is 1. The van der Waals surface area contributed by atoms with Crippen molar-refractivity contribution >= 4 is 33.3 Å². The van der Waals surface area contributed by atoms with Crippen molar-refractivity contribution in [3.8, 4) is 11.3 Å². The number of rotatable bonds is 6. The third-order valence-electron chi connectivity index (χ3n) is 5.73. The molecule has 4 heterocycles. The summed E-state index contributed by atoms with van der Waals surface area (Å²) in [5.74, 6) is 0.465. The van der Waals surface area contributed by atoms with Gasteiger partial charge in [0.25, 0.3) is 0 Å². The fourth-order valence-corrected chi connectivity index (χ4v) is 4.58. The molecule has 0 bridgehead atoms. The van der Waals surface area contributed by atoms with Gasteiger partial charge in [-0.2, -0.15) is 0 Å². The normalized spacial score (nSPS) is 15.3. The molecule has 0 radical (unpaired) electrons. The van der Waals surface area contributed by atoms with Crippen molar-refractivity contribution in [1.29, 1.82) is 0 Å². The number of aromatic nitrogens is 4. The highest BCUT2D eigenvalue weighted by Gasteiger charge is 2.16. The van der Waals surface area contributed by atoms with Gasteiger partial charge in [-0.3, -0.25) is 4.90 Å². The lowest BCUT2D eigenvalue weighted by Gasteiger charge is -2.33. The molecule has 1 N–H and O–H groups in total. The lowest BCUT2D eigenvalue weighted by molar-refractivity contribution is 0.132. The summed E-state index contributed by atoms with van der Waals surface area (Å²) in [6, 6.07) is 9.56. The van der Waals surface area contributed by atoms with Gasteiger partial charge >= 0.3 is 0 Å². The Morgan fingerprint density at radius 3 is 2.62 bits per heavy atom. The smallest absolute Gasteiger partial charge is 0.229 e. The molecule has 7 nitrogen and oxygen atoms in total. The highest BCUT2D eigenvalue weighted by atomic mass is 32.1. The average Bonchev–Trinajstić information content (AvgIpc) is 3.30. The molecule has 32 heavy (non-hydrogen) atoms. The maximum atomic E-state index is 14.5. The summed E-state index contributed by atoms with van der Waals surface area (Å²) >= 11 is 1.52. The van der Waals surface area contributed by atoms with E-state index in [1.54, 1.807) is 5.51 Å². The second kappa shape index (κ2) is 9.23. The molecule has 0 spiro atoms. The minimum absolute atomic E-state index is 0.251. The molecule has 4 aromatic rings. The van der Waals surface area contributed by atoms with Crippen LogP contribution in [0.15, 0.2) is 48.2 Å². The summed E-state index contributed by atoms with van der Waals surface area (Å²) in [6.07, 6.45) is 3.06. The van der Waals surface area contributed by atoms with Crippen LogP contribution in [0.4, 0.5) is 16.2 Å². The van der Waals surface area contributed by atoms with Crippen LogP contribution in [0.25, 0.3) is 21.5 Å². The minimum Gasteiger partial charge on any atom is -0.309 e. The zero-order valence-electron chi connectivity index (χ0n) is 17.8. The number of nitrogens with zero attached hydrogens (tertiary/aromatic N) is 6. The Morgan fingerprint density at radius 2 is 1.84 bits per heavy atom. The van der Waals surface area contributed by atoms with E-state index in [0.717, 1.165) is 49.5 Å². The van der Waals surface area contributed by atoms with E-state index in [9.17, 15) is 4.39 Å². The van der Waals surface area contributed by atoms with Crippen molar-refractivity contribution < 1.29 is 4.39 Å². The quantitative estimate of drug-likeness (QED) is 0.474. The van der Waals surface area contributed by atoms with Crippen LogP contribution in [0.1, 0.15) is 12.5 Å². The van der Waals surface area contributed by atoms with E-state index in [0.29, 0.717) is 17.3 Å². The van der Waals surface area contributed by atoms with Crippen molar-refractivity contribution in [2.24, 2.45) is 0 Å². The van der Waals surface area contributed by atoms with E-state index >= 15 is 0 Å². The second-order valence-electron chi connectivity index (χ2n) is 7.81. The molecular formula is C23H24FN7S. The molecule has 5 rings (SSSR count). The number of likely N-dealkylation sites (N-methyl/N-ethyl adjacent to an activating group) is 1. The van der Waals surface area contributed by atoms with Crippen LogP contribution in [0.2, 0.25) is 0 Å². The van der Waals surface area contributed by atoms with Crippen LogP contribution in [0.3, 0.4) is 0 Å². The van der Waals surface area contributed by atoms with Gasteiger partial charge in [0, 0.05) is 44.5 Å². The third-order valence-corrected chi connectivity index (χ3v) is 6.52. The highest BCUT2D eigenvalue weighted by Crippen LogP contribution is 2.27. The lowest BCUT2D eigenvalue weighted by Crippen LogP contribution is -2.45. The Labute approximate surface area is 190 Å². The van der Waals surface area contributed by atoms with E-state index in [4.69, 9.17) is 0 Å². The van der Waals surface area contributed by atoms with E-state index in [-0.39, 0.29) is 5.69 Å². The van der Waals surface area contributed by atoms with E-state index in [2.05, 4.69) is 48.0 Å². The summed E-state index contributed by atoms with van der Waals surface area (Å²) in [5.41, 5.74) is 4.78. The van der Waals surface area contributed by atoms with Gasteiger partial charge in [0.15, 0.2) is 5.82 Å². The molecular weight excluding hydrogens is 425 g/mol. The molecule has 1 aliphatic rings. The standard InChI is InChI=1S/C23H24FN7S/c1-2-30-7-9-31(10-8-30)14-16-3-6-21(25-12-16)28-23-26-13-18(24)22(29-23)17-4-5-19-20(11-17)32-15-27-19/h3-6,11-13,15H,2,7-10,14H2,1H3,(H,25,26,28,29). The number of thiazole rings is 1. The van der Waals surface area contributed by atoms with Crippen molar-refractivity contribution in [2.45, 2.75) is 13.5 Å². The number of fused-ring (bicyclic) bond motifs is 1. The number of anilines is 2. The first-order valence-corrected chi connectivity index (χ1v) is 11.6. The first kappa shape index (κ1) is 20.9. The predicted molar refractivity (Wildman–Crippen MR) is 126 cm³/mol. The molecule has 0 saturated carbocycles. The Balaban J connectivity index is 1.27. The largest absolute Gasteiger partial charge is 0.309 e. The van der Waals surface area contributed by atoms with Gasteiger partial charge in [-0.15, -0.1) is 11.3 Å². The first-order valence-electron chi connectivity index (χ1n) is 10.7. The fraction of sp³-hybridized carbons (Fsp3) is 0.304. The lowest BCUT2D eigenvalue weighted by atomic mass is 10.1. The number of hydrogen-bond donors (Lipinski definition) is 1. The summed E-state index contributed by atoms with van der Waals surface area (Å²) < 4.78 is 15.4. The van der Waals surface area contributed by atoms with Crippen molar-refractivity contribution in [2.75, 3.05) is 38.0 Å². The zero-order chi connectivity index (χ0) is 21.9. The fourth-order valence-electron chi connectivity index (χ4n) is 3.86. The minimum atomic E-state index is -0.467. The SMILES string of the molecule is CCN1CCN(Cc2ccc(Nc3ncc(F)c(-c4ccc5ncsc5c4)n3)nc2)CC1. The number of pyridine rings is 1. The zero-order valence-corrected chi connectivity index (χ0v) is 18.6. The Kier molecular flexibility index (Phi) is 6.02. The Morgan fingerprint density at radius 1 is 1.00 bits per heavy atom. The summed E-state index contributed by atoms with van der Waals surface area (Å²) in [7, 11) is 0. The Bertz CT molecular complexity index is 1200. The van der Waals surface area contributed by atoms with Gasteiger partial charge in [-0.25, -0.2) is 24.3 Å². The highest BCUT2D eigenvalue weighted by molar-refractivity contribution is 7.16. The molecule has 3 aromatic heterocycles. The summed E-state index contributed by atoms with van der Waals surface area (Å²) in [4.78, 5) is 22.2. The number of piperazine rings is 1. The van der Waals surface area contributed by atoms with E-state index in [1.165, 1.54) is 23.1 Å². The van der Waals surface area contributed by atoms with Gasteiger partial charge in [0.2, 0.25) is 5.95 Å². The molecule has 1 fully saturated rings. The van der Waals surface area contributed by atoms with Crippen LogP contribution in [0.5, 0.6) is 0 Å². The molecule has 0 amide bonds. The second-order valence-corrected chi connectivity index (χ2v) is 8.70. The summed E-state index contributed by atoms with van der Waals surface area (Å²) in [6.45, 7) is 8.60. The number of nitrogens with one attached hydrogen (secondary N) is 1. The Hall–Kier alpha value is -3.01. The van der Waals surface area contributed by atoms with Gasteiger partial charge in [0.1, 0.15) is 11.5 Å². The molecule has 9 heteroatoms. The van der Waals surface area contributed by atoms with Crippen LogP contribution >= 0.6 is 11.3 Å². The monoisotopic (exact) mass is 449 g/mol. The molecule has 164 valence electrons. The number of halogens is 1. The van der Waals surface area contributed by atoms with Crippen LogP contribution < -0.4 is 5.32 Å². The van der Waals surface area contributed by atoms with Gasteiger partial charge in [-0.1, -0.05) is 19.1 Å². The van der Waals surface area contributed by atoms with E-state index in [1.807, 2.05) is 30.5 Å². The van der Waals surface area contributed by atoms with Gasteiger partial charge in [-0.05, 0) is 30.3 Å². The molecule has 1 saturated heterocycles. The topological polar surface area (TPSA) is 70.1 Å². The van der Waals surface area contributed by atoms with Crippen LogP contribution in [-0.4, -0.2) is 62.5 Å². The van der Waals surface area contributed by atoms with Gasteiger partial charge in [0.05, 0.1) is 21.9 Å². The van der Waals surface area contributed by atoms with Gasteiger partial charge < -0.3 is 10.2 Å². The molecule has 0 unspecified atom stereocenters. The van der Waals surface area contributed by atoms with Crippen LogP contribution in [-0.2, 0) is 6.54 Å². The predicted octanol–water partition coefficient (Wildman–Crippen LogP) is 4.17. The number of hydrogen-bond acceptors (Lipinski definition) is 8. The van der Waals surface area contributed by atoms with Crippen LogP contribution in [0, 0.1) is 5.82 Å². The summed E-state index contributed by atoms with van der Waals surface area (Å²) in [5, 5.41) is 3.09. The van der Waals surface area contributed by atoms with Crippen molar-refractivity contribution in [3.05, 3.63) is 59.6 Å². The first-order chi connectivity index (χ1) is 15.7. The third kappa shape index (κ3) is 4.59. The molecule has 0 atom stereocenters. The molecule has 1 aromatic carbocycles. The van der Waals surface area contributed by atoms with Crippen molar-refractivity contribution in [1.82, 2.24) is 29.7 Å².